The quantitative estimate of drug-likeness (QED) is 0.266. The summed E-state index contributed by atoms with van der Waals surface area (Å²) in [5, 5.41) is 8.08. The van der Waals surface area contributed by atoms with Crippen LogP contribution in [0.2, 0.25) is 5.02 Å². The molecule has 1 aliphatic heterocycles. The van der Waals surface area contributed by atoms with Crippen molar-refractivity contribution in [3.05, 3.63) is 58.9 Å². The molecule has 12 heteroatoms. The van der Waals surface area contributed by atoms with Gasteiger partial charge in [-0.15, -0.1) is 0 Å². The molecule has 4 aromatic rings. The van der Waals surface area contributed by atoms with E-state index < -0.39 is 17.5 Å². The summed E-state index contributed by atoms with van der Waals surface area (Å²) >= 11 is 6.53. The lowest BCUT2D eigenvalue weighted by Gasteiger charge is -2.32. The Bertz CT molecular complexity index is 1800. The first-order valence-corrected chi connectivity index (χ1v) is 15.0. The Morgan fingerprint density at radius 3 is 2.64 bits per heavy atom. The Balaban J connectivity index is 1.33. The molecule has 1 aromatic carbocycles. The molecule has 10 nitrogen and oxygen atoms in total. The summed E-state index contributed by atoms with van der Waals surface area (Å²) in [4.78, 5) is 36.6. The van der Waals surface area contributed by atoms with Crippen LogP contribution in [0.25, 0.3) is 21.9 Å². The fraction of sp³-hybridized carbons (Fsp3) is 0.406. The highest BCUT2D eigenvalue weighted by Gasteiger charge is 2.54. The fourth-order valence-corrected chi connectivity index (χ4v) is 6.38. The van der Waals surface area contributed by atoms with Gasteiger partial charge in [-0.3, -0.25) is 14.4 Å². The number of benzene rings is 1. The van der Waals surface area contributed by atoms with E-state index in [1.54, 1.807) is 44.5 Å². The van der Waals surface area contributed by atoms with Gasteiger partial charge in [-0.1, -0.05) is 24.9 Å². The number of carbonyl (C=O) groups excluding carboxylic acids is 2. The summed E-state index contributed by atoms with van der Waals surface area (Å²) in [6, 6.07) is 3.33. The SMILES string of the molecule is CCC1[C@H](C(=O)Nc2cc3cc(-c4cnc5c(c4C)N(C(=O)OC(C)(C)C)CCO5)c(F)c(Cl)c3cn2)[C@H]1c1cnn(C)c1. The average molecular weight is 621 g/mol. The molecular formula is C32H34ClFN6O4. The summed E-state index contributed by atoms with van der Waals surface area (Å²) in [6.45, 7) is 9.72. The zero-order valence-electron chi connectivity index (χ0n) is 25.4. The number of ether oxygens (including phenoxy) is 2. The van der Waals surface area contributed by atoms with Crippen LogP contribution in [0, 0.1) is 24.6 Å². The number of hydrogen-bond acceptors (Lipinski definition) is 7. The molecule has 0 radical (unpaired) electrons. The molecule has 4 heterocycles. The first-order chi connectivity index (χ1) is 20.9. The van der Waals surface area contributed by atoms with Gasteiger partial charge in [-0.2, -0.15) is 5.10 Å². The lowest BCUT2D eigenvalue weighted by atomic mass is 9.97. The number of rotatable bonds is 5. The molecule has 6 rings (SSSR count). The molecule has 2 aliphatic rings. The van der Waals surface area contributed by atoms with Crippen molar-refractivity contribution in [1.29, 1.82) is 0 Å². The van der Waals surface area contributed by atoms with Crippen LogP contribution < -0.4 is 15.0 Å². The predicted octanol–water partition coefficient (Wildman–Crippen LogP) is 6.64. The van der Waals surface area contributed by atoms with Crippen LogP contribution in [-0.4, -0.2) is 50.5 Å². The number of nitrogens with zero attached hydrogens (tertiary/aromatic N) is 5. The number of nitrogens with one attached hydrogen (secondary N) is 1. The van der Waals surface area contributed by atoms with Crippen LogP contribution in [0.5, 0.6) is 5.88 Å². The minimum atomic E-state index is -0.704. The highest BCUT2D eigenvalue weighted by molar-refractivity contribution is 6.36. The number of pyridine rings is 2. The van der Waals surface area contributed by atoms with Crippen molar-refractivity contribution in [3.8, 4) is 17.0 Å². The molecule has 1 fully saturated rings. The van der Waals surface area contributed by atoms with Crippen LogP contribution in [0.15, 0.2) is 36.9 Å². The maximum absolute atomic E-state index is 15.8. The Kier molecular flexibility index (Phi) is 7.47. The van der Waals surface area contributed by atoms with Crippen molar-refractivity contribution >= 4 is 45.9 Å². The van der Waals surface area contributed by atoms with E-state index in [1.807, 2.05) is 19.4 Å². The Labute approximate surface area is 259 Å². The molecule has 3 aromatic heterocycles. The molecule has 1 unspecified atom stereocenters. The number of amides is 2. The van der Waals surface area contributed by atoms with Crippen molar-refractivity contribution < 1.29 is 23.5 Å². The van der Waals surface area contributed by atoms with Crippen molar-refractivity contribution in [2.45, 2.75) is 52.6 Å². The number of fused-ring (bicyclic) bond motifs is 2. The van der Waals surface area contributed by atoms with Crippen LogP contribution in [0.4, 0.5) is 20.7 Å². The largest absolute Gasteiger partial charge is 0.474 e. The van der Waals surface area contributed by atoms with Crippen molar-refractivity contribution in [1.82, 2.24) is 19.7 Å². The van der Waals surface area contributed by atoms with E-state index in [9.17, 15) is 9.59 Å². The van der Waals surface area contributed by atoms with Gasteiger partial charge in [0.1, 0.15) is 29.5 Å². The molecule has 1 N–H and O–H groups in total. The minimum Gasteiger partial charge on any atom is -0.474 e. The summed E-state index contributed by atoms with van der Waals surface area (Å²) < 4.78 is 28.9. The van der Waals surface area contributed by atoms with E-state index in [0.29, 0.717) is 33.4 Å². The standard InChI is InChI=1S/C32H34ClFN6O4/c1-7-19-24(18-12-37-39(6)15-18)25(19)29(41)38-23-11-17-10-20(27(34)26(33)22(17)14-35-23)21-13-36-30-28(16(21)2)40(8-9-43-30)31(42)44-32(3,4)5/h10-15,19,24-25H,7-9H2,1-6H3,(H,35,38,41)/t19?,24-,25-/m0/s1. The van der Waals surface area contributed by atoms with Crippen LogP contribution in [0.3, 0.4) is 0 Å². The lowest BCUT2D eigenvalue weighted by Crippen LogP contribution is -2.42. The van der Waals surface area contributed by atoms with Crippen molar-refractivity contribution in [3.63, 3.8) is 0 Å². The van der Waals surface area contributed by atoms with E-state index in [4.69, 9.17) is 21.1 Å². The third-order valence-corrected chi connectivity index (χ3v) is 8.58. The summed E-state index contributed by atoms with van der Waals surface area (Å²) in [7, 11) is 1.86. The van der Waals surface area contributed by atoms with Crippen molar-refractivity contribution in [2.24, 2.45) is 18.9 Å². The van der Waals surface area contributed by atoms with Gasteiger partial charge in [-0.25, -0.2) is 19.2 Å². The third-order valence-electron chi connectivity index (χ3n) is 8.21. The second-order valence-electron chi connectivity index (χ2n) is 12.3. The fourth-order valence-electron chi connectivity index (χ4n) is 6.12. The molecule has 1 saturated carbocycles. The normalized spacial score (nSPS) is 19.4. The maximum atomic E-state index is 15.8. The highest BCUT2D eigenvalue weighted by Crippen LogP contribution is 2.56. The first kappa shape index (κ1) is 29.8. The van der Waals surface area contributed by atoms with E-state index in [-0.39, 0.29) is 53.3 Å². The van der Waals surface area contributed by atoms with E-state index in [0.717, 1.165) is 12.0 Å². The van der Waals surface area contributed by atoms with Gasteiger partial charge in [0.15, 0.2) is 0 Å². The topological polar surface area (TPSA) is 111 Å². The Morgan fingerprint density at radius 2 is 1.95 bits per heavy atom. The number of halogens is 2. The Hall–Kier alpha value is -4.25. The molecular weight excluding hydrogens is 587 g/mol. The minimum absolute atomic E-state index is 0.105. The zero-order chi connectivity index (χ0) is 31.5. The van der Waals surface area contributed by atoms with Crippen LogP contribution in [0.1, 0.15) is 51.2 Å². The number of anilines is 2. The lowest BCUT2D eigenvalue weighted by molar-refractivity contribution is -0.117. The zero-order valence-corrected chi connectivity index (χ0v) is 26.2. The maximum Gasteiger partial charge on any atom is 0.415 e. The number of aromatic nitrogens is 4. The van der Waals surface area contributed by atoms with Gasteiger partial charge in [0.05, 0.1) is 17.8 Å². The first-order valence-electron chi connectivity index (χ1n) is 14.6. The molecule has 44 heavy (non-hydrogen) atoms. The summed E-state index contributed by atoms with van der Waals surface area (Å²) in [5.41, 5.74) is 1.97. The van der Waals surface area contributed by atoms with Gasteiger partial charge in [0.2, 0.25) is 11.8 Å². The number of carbonyl (C=O) groups is 2. The molecule has 3 atom stereocenters. The monoisotopic (exact) mass is 620 g/mol. The highest BCUT2D eigenvalue weighted by atomic mass is 35.5. The molecule has 0 saturated heterocycles. The number of hydrogen-bond donors (Lipinski definition) is 1. The van der Waals surface area contributed by atoms with Crippen molar-refractivity contribution in [2.75, 3.05) is 23.4 Å². The van der Waals surface area contributed by atoms with Crippen LogP contribution in [-0.2, 0) is 16.6 Å². The van der Waals surface area contributed by atoms with Gasteiger partial charge >= 0.3 is 6.09 Å². The third kappa shape index (κ3) is 5.34. The van der Waals surface area contributed by atoms with E-state index in [2.05, 4.69) is 27.3 Å². The van der Waals surface area contributed by atoms with E-state index in [1.165, 1.54) is 17.3 Å². The number of aryl methyl sites for hydroxylation is 1. The second kappa shape index (κ2) is 11.0. The molecule has 0 spiro atoms. The van der Waals surface area contributed by atoms with E-state index >= 15 is 4.39 Å². The molecule has 2 amide bonds. The average Bonchev–Trinajstić information content (AvgIpc) is 3.56. The van der Waals surface area contributed by atoms with Gasteiger partial charge in [0.25, 0.3) is 0 Å². The van der Waals surface area contributed by atoms with Gasteiger partial charge in [0, 0.05) is 54.0 Å². The second-order valence-corrected chi connectivity index (χ2v) is 12.7. The smallest absolute Gasteiger partial charge is 0.415 e. The molecule has 0 bridgehead atoms. The molecule has 230 valence electrons. The summed E-state index contributed by atoms with van der Waals surface area (Å²) in [5.74, 6) is -0.0263. The van der Waals surface area contributed by atoms with Gasteiger partial charge in [-0.05, 0) is 62.3 Å². The predicted molar refractivity (Wildman–Crippen MR) is 166 cm³/mol. The Morgan fingerprint density at radius 1 is 1.18 bits per heavy atom. The van der Waals surface area contributed by atoms with Gasteiger partial charge < -0.3 is 14.8 Å². The molecule has 1 aliphatic carbocycles. The van der Waals surface area contributed by atoms with Crippen LogP contribution >= 0.6 is 11.6 Å². The summed E-state index contributed by atoms with van der Waals surface area (Å²) in [6.07, 6.45) is 7.05.